The lowest BCUT2D eigenvalue weighted by atomic mass is 10.00. The van der Waals surface area contributed by atoms with E-state index in [9.17, 15) is 5.26 Å². The van der Waals surface area contributed by atoms with Gasteiger partial charge in [-0.1, -0.05) is 20.8 Å². The van der Waals surface area contributed by atoms with Gasteiger partial charge in [0.05, 0.1) is 6.07 Å². The molecule has 0 radical (unpaired) electrons. The predicted molar refractivity (Wildman–Crippen MR) is 84.7 cm³/mol. The smallest absolute Gasteiger partial charge is 0.108 e. The number of nitriles is 1. The van der Waals surface area contributed by atoms with Crippen LogP contribution in [0.5, 0.6) is 0 Å². The summed E-state index contributed by atoms with van der Waals surface area (Å²) in [6, 6.07) is 3.06. The molecule has 4 nitrogen and oxygen atoms in total. The van der Waals surface area contributed by atoms with E-state index in [4.69, 9.17) is 0 Å². The Hall–Kier alpha value is -0.630. The third-order valence-corrected chi connectivity index (χ3v) is 4.92. The molecule has 0 saturated heterocycles. The van der Waals surface area contributed by atoms with Gasteiger partial charge in [0.1, 0.15) is 5.54 Å². The minimum Gasteiger partial charge on any atom is -0.304 e. The molecule has 1 saturated carbocycles. The van der Waals surface area contributed by atoms with Crippen LogP contribution in [0.2, 0.25) is 0 Å². The summed E-state index contributed by atoms with van der Waals surface area (Å²) in [4.78, 5) is 5.05. The molecule has 0 heterocycles. The highest BCUT2D eigenvalue weighted by Crippen LogP contribution is 2.32. The van der Waals surface area contributed by atoms with Gasteiger partial charge in [0, 0.05) is 6.04 Å². The molecule has 0 aliphatic heterocycles. The first-order chi connectivity index (χ1) is 9.64. The van der Waals surface area contributed by atoms with E-state index in [-0.39, 0.29) is 5.54 Å². The molecular formula is C16H32N4. The molecule has 1 N–H and O–H groups in total. The molecule has 0 aromatic rings. The Balaban J connectivity index is 2.42. The highest BCUT2D eigenvalue weighted by atomic mass is 15.2. The zero-order chi connectivity index (χ0) is 15.0. The summed E-state index contributed by atoms with van der Waals surface area (Å²) < 4.78 is 0. The molecule has 116 valence electrons. The molecule has 0 aromatic heterocycles. The normalized spacial score (nSPS) is 26.4. The molecule has 0 bridgehead atoms. The Bertz CT molecular complexity index is 308. The van der Waals surface area contributed by atoms with Crippen LogP contribution >= 0.6 is 0 Å². The second-order valence-electron chi connectivity index (χ2n) is 5.85. The fourth-order valence-corrected chi connectivity index (χ4v) is 3.35. The summed E-state index contributed by atoms with van der Waals surface area (Å²) in [5, 5.41) is 12.6. The first-order valence-electron chi connectivity index (χ1n) is 8.21. The first kappa shape index (κ1) is 17.4. The van der Waals surface area contributed by atoms with Gasteiger partial charge in [0.15, 0.2) is 0 Å². The lowest BCUT2D eigenvalue weighted by Gasteiger charge is -2.30. The van der Waals surface area contributed by atoms with Crippen LogP contribution in [0.1, 0.15) is 46.5 Å². The van der Waals surface area contributed by atoms with Crippen LogP contribution in [-0.4, -0.2) is 61.2 Å². The largest absolute Gasteiger partial charge is 0.304 e. The highest BCUT2D eigenvalue weighted by molar-refractivity contribution is 5.12. The summed E-state index contributed by atoms with van der Waals surface area (Å²) in [6.07, 6.45) is 4.33. The van der Waals surface area contributed by atoms with Crippen LogP contribution in [0.25, 0.3) is 0 Å². The standard InChI is InChI=1S/C16H32N4/c1-5-19(6-2)11-8-12-20(7-3)15-9-10-16(13-15,14-17)18-4/h15,18H,5-13H2,1-4H3. The Morgan fingerprint density at radius 3 is 2.35 bits per heavy atom. The quantitative estimate of drug-likeness (QED) is 0.702. The van der Waals surface area contributed by atoms with Crippen molar-refractivity contribution >= 4 is 0 Å². The Morgan fingerprint density at radius 2 is 1.90 bits per heavy atom. The van der Waals surface area contributed by atoms with E-state index >= 15 is 0 Å². The van der Waals surface area contributed by atoms with E-state index in [1.165, 1.54) is 13.0 Å². The van der Waals surface area contributed by atoms with Crippen molar-refractivity contribution in [1.29, 1.82) is 5.26 Å². The molecule has 4 heteroatoms. The van der Waals surface area contributed by atoms with Gasteiger partial charge in [-0.3, -0.25) is 0 Å². The summed E-state index contributed by atoms with van der Waals surface area (Å²) in [5.74, 6) is 0. The molecule has 1 aliphatic carbocycles. The molecular weight excluding hydrogens is 248 g/mol. The van der Waals surface area contributed by atoms with Gasteiger partial charge in [-0.2, -0.15) is 5.26 Å². The minimum atomic E-state index is -0.281. The number of nitrogens with one attached hydrogen (secondary N) is 1. The monoisotopic (exact) mass is 280 g/mol. The van der Waals surface area contributed by atoms with Crippen LogP contribution in [0.15, 0.2) is 0 Å². The number of hydrogen-bond acceptors (Lipinski definition) is 4. The SMILES string of the molecule is CCN(CC)CCCN(CC)C1CCC(C#N)(NC)C1. The molecule has 1 aliphatic rings. The van der Waals surface area contributed by atoms with Gasteiger partial charge in [-0.15, -0.1) is 0 Å². The molecule has 1 rings (SSSR count). The minimum absolute atomic E-state index is 0.281. The van der Waals surface area contributed by atoms with Crippen LogP contribution < -0.4 is 5.32 Å². The maximum atomic E-state index is 9.36. The zero-order valence-electron chi connectivity index (χ0n) is 13.8. The van der Waals surface area contributed by atoms with E-state index in [2.05, 4.69) is 42.0 Å². The molecule has 0 aromatic carbocycles. The van der Waals surface area contributed by atoms with E-state index in [1.54, 1.807) is 0 Å². The van der Waals surface area contributed by atoms with Crippen LogP contribution in [0.3, 0.4) is 0 Å². The van der Waals surface area contributed by atoms with Crippen LogP contribution in [-0.2, 0) is 0 Å². The average Bonchev–Trinajstić information content (AvgIpc) is 2.93. The van der Waals surface area contributed by atoms with Gasteiger partial charge in [0.25, 0.3) is 0 Å². The van der Waals surface area contributed by atoms with Crippen molar-refractivity contribution in [2.24, 2.45) is 0 Å². The van der Waals surface area contributed by atoms with Gasteiger partial charge in [0.2, 0.25) is 0 Å². The van der Waals surface area contributed by atoms with E-state index in [1.807, 2.05) is 7.05 Å². The zero-order valence-corrected chi connectivity index (χ0v) is 13.8. The van der Waals surface area contributed by atoms with Crippen LogP contribution in [0.4, 0.5) is 0 Å². The topological polar surface area (TPSA) is 42.3 Å². The average molecular weight is 280 g/mol. The van der Waals surface area contributed by atoms with Crippen molar-refractivity contribution in [2.75, 3.05) is 39.8 Å². The third-order valence-electron chi connectivity index (χ3n) is 4.92. The summed E-state index contributed by atoms with van der Waals surface area (Å²) >= 11 is 0. The summed E-state index contributed by atoms with van der Waals surface area (Å²) in [5.41, 5.74) is -0.281. The lowest BCUT2D eigenvalue weighted by Crippen LogP contribution is -2.42. The lowest BCUT2D eigenvalue weighted by molar-refractivity contribution is 0.186. The van der Waals surface area contributed by atoms with Crippen LogP contribution in [0, 0.1) is 11.3 Å². The van der Waals surface area contributed by atoms with E-state index in [0.29, 0.717) is 6.04 Å². The first-order valence-corrected chi connectivity index (χ1v) is 8.21. The van der Waals surface area contributed by atoms with Gasteiger partial charge >= 0.3 is 0 Å². The number of nitrogens with zero attached hydrogens (tertiary/aromatic N) is 3. The molecule has 20 heavy (non-hydrogen) atoms. The highest BCUT2D eigenvalue weighted by Gasteiger charge is 2.39. The maximum Gasteiger partial charge on any atom is 0.108 e. The van der Waals surface area contributed by atoms with Gasteiger partial charge < -0.3 is 15.1 Å². The van der Waals surface area contributed by atoms with Gasteiger partial charge in [-0.25, -0.2) is 0 Å². The van der Waals surface area contributed by atoms with Gasteiger partial charge in [-0.05, 0) is 65.5 Å². The molecule has 0 amide bonds. The fourth-order valence-electron chi connectivity index (χ4n) is 3.35. The van der Waals surface area contributed by atoms with Crippen molar-refractivity contribution in [3.63, 3.8) is 0 Å². The molecule has 2 atom stereocenters. The van der Waals surface area contributed by atoms with Crippen molar-refractivity contribution in [2.45, 2.75) is 58.0 Å². The Labute approximate surface area is 125 Å². The van der Waals surface area contributed by atoms with Crippen molar-refractivity contribution in [3.8, 4) is 6.07 Å². The van der Waals surface area contributed by atoms with Crippen molar-refractivity contribution in [1.82, 2.24) is 15.1 Å². The number of hydrogen-bond donors (Lipinski definition) is 1. The molecule has 1 fully saturated rings. The Kier molecular flexibility index (Phi) is 7.50. The molecule has 2 unspecified atom stereocenters. The second kappa shape index (κ2) is 8.61. The van der Waals surface area contributed by atoms with Crippen molar-refractivity contribution < 1.29 is 0 Å². The fraction of sp³-hybridized carbons (Fsp3) is 0.938. The van der Waals surface area contributed by atoms with E-state index < -0.39 is 0 Å². The van der Waals surface area contributed by atoms with E-state index in [0.717, 1.165) is 45.4 Å². The predicted octanol–water partition coefficient (Wildman–Crippen LogP) is 2.07. The summed E-state index contributed by atoms with van der Waals surface area (Å²) in [7, 11) is 1.92. The summed E-state index contributed by atoms with van der Waals surface area (Å²) in [6.45, 7) is 12.4. The Morgan fingerprint density at radius 1 is 1.20 bits per heavy atom. The number of rotatable bonds is 9. The van der Waals surface area contributed by atoms with Crippen molar-refractivity contribution in [3.05, 3.63) is 0 Å². The molecule has 0 spiro atoms. The third kappa shape index (κ3) is 4.44. The second-order valence-corrected chi connectivity index (χ2v) is 5.85. The maximum absolute atomic E-state index is 9.36.